The zero-order valence-corrected chi connectivity index (χ0v) is 18.6. The van der Waals surface area contributed by atoms with Gasteiger partial charge in [-0.2, -0.15) is 4.98 Å². The van der Waals surface area contributed by atoms with Crippen molar-refractivity contribution in [3.8, 4) is 0 Å². The average molecular weight is 467 g/mol. The van der Waals surface area contributed by atoms with E-state index in [9.17, 15) is 14.4 Å². The Labute approximate surface area is 194 Å². The van der Waals surface area contributed by atoms with E-state index in [1.165, 1.54) is 16.3 Å². The lowest BCUT2D eigenvalue weighted by atomic mass is 10.1. The lowest BCUT2D eigenvalue weighted by Crippen LogP contribution is -2.32. The number of carbonyl (C=O) groups is 2. The Hall–Kier alpha value is -3.43. The van der Waals surface area contributed by atoms with Gasteiger partial charge in [0, 0.05) is 12.6 Å². The van der Waals surface area contributed by atoms with E-state index in [4.69, 9.17) is 14.2 Å². The molecule has 170 valence electrons. The number of hydrogen-bond acceptors (Lipinski definition) is 8. The first-order valence-corrected chi connectivity index (χ1v) is 11.5. The Balaban J connectivity index is 1.51. The molecule has 0 bridgehead atoms. The summed E-state index contributed by atoms with van der Waals surface area (Å²) in [6.07, 6.45) is 1.46. The minimum Gasteiger partial charge on any atom is -0.459 e. The number of thioether (sulfide) groups is 1. The summed E-state index contributed by atoms with van der Waals surface area (Å²) < 4.78 is 18.5. The van der Waals surface area contributed by atoms with Crippen molar-refractivity contribution in [1.82, 2.24) is 9.55 Å². The first-order chi connectivity index (χ1) is 16.0. The predicted octanol–water partition coefficient (Wildman–Crippen LogP) is 3.34. The average Bonchev–Trinajstić information content (AvgIpc) is 3.25. The highest BCUT2D eigenvalue weighted by molar-refractivity contribution is 7.98. The van der Waals surface area contributed by atoms with Crippen molar-refractivity contribution in [3.63, 3.8) is 0 Å². The summed E-state index contributed by atoms with van der Waals surface area (Å²) in [7, 11) is 0. The van der Waals surface area contributed by atoms with Crippen molar-refractivity contribution in [2.45, 2.75) is 29.9 Å². The van der Waals surface area contributed by atoms with Crippen LogP contribution in [0, 0.1) is 0 Å². The Morgan fingerprint density at radius 2 is 1.67 bits per heavy atom. The van der Waals surface area contributed by atoms with Crippen LogP contribution in [0.5, 0.6) is 0 Å². The highest BCUT2D eigenvalue weighted by Gasteiger charge is 2.40. The largest absolute Gasteiger partial charge is 0.459 e. The summed E-state index contributed by atoms with van der Waals surface area (Å²) in [4.78, 5) is 41.5. The second-order valence-corrected chi connectivity index (χ2v) is 8.13. The fourth-order valence-electron chi connectivity index (χ4n) is 3.47. The highest BCUT2D eigenvalue weighted by atomic mass is 32.2. The number of aromatic nitrogens is 2. The zero-order valence-electron chi connectivity index (χ0n) is 17.8. The fourth-order valence-corrected chi connectivity index (χ4v) is 3.84. The first-order valence-electron chi connectivity index (χ1n) is 10.3. The van der Waals surface area contributed by atoms with Crippen molar-refractivity contribution in [1.29, 1.82) is 0 Å². The summed E-state index contributed by atoms with van der Waals surface area (Å²) >= 11 is 1.36. The van der Waals surface area contributed by atoms with Crippen LogP contribution < -0.4 is 5.69 Å². The monoisotopic (exact) mass is 466 g/mol. The van der Waals surface area contributed by atoms with Gasteiger partial charge in [-0.3, -0.25) is 4.57 Å². The molecule has 3 aromatic rings. The van der Waals surface area contributed by atoms with Crippen LogP contribution in [0.25, 0.3) is 0 Å². The number of esters is 2. The smallest absolute Gasteiger partial charge is 0.350 e. The molecule has 9 heteroatoms. The van der Waals surface area contributed by atoms with Gasteiger partial charge in [0.05, 0.1) is 11.1 Å². The van der Waals surface area contributed by atoms with Gasteiger partial charge in [-0.05, 0) is 36.6 Å². The molecule has 33 heavy (non-hydrogen) atoms. The minimum absolute atomic E-state index is 0.137. The third-order valence-corrected chi connectivity index (χ3v) is 5.81. The van der Waals surface area contributed by atoms with Gasteiger partial charge < -0.3 is 14.2 Å². The van der Waals surface area contributed by atoms with Crippen LogP contribution >= 0.6 is 11.8 Å². The van der Waals surface area contributed by atoms with Crippen LogP contribution in [0.2, 0.25) is 0 Å². The predicted molar refractivity (Wildman–Crippen MR) is 121 cm³/mol. The number of rotatable bonds is 7. The molecule has 2 aromatic carbocycles. The minimum atomic E-state index is -0.748. The topological polar surface area (TPSA) is 96.7 Å². The Morgan fingerprint density at radius 1 is 1.03 bits per heavy atom. The van der Waals surface area contributed by atoms with Crippen LogP contribution in [0.1, 0.15) is 33.4 Å². The van der Waals surface area contributed by atoms with E-state index in [2.05, 4.69) is 4.98 Å². The van der Waals surface area contributed by atoms with Crippen LogP contribution in [0.4, 0.5) is 0 Å². The molecule has 8 nitrogen and oxygen atoms in total. The third kappa shape index (κ3) is 5.50. The van der Waals surface area contributed by atoms with Crippen molar-refractivity contribution in [3.05, 3.63) is 94.5 Å². The molecular weight excluding hydrogens is 444 g/mol. The van der Waals surface area contributed by atoms with Crippen LogP contribution in [0.15, 0.2) is 82.7 Å². The number of hydrogen-bond donors (Lipinski definition) is 0. The SMILES string of the molecule is CSc1ccn(C2C[C@H](OC(=O)c3ccccc3)[C@@H](COC(=O)c3ccccc3)O2)c(=O)n1. The maximum absolute atomic E-state index is 12.6. The fraction of sp³-hybridized carbons (Fsp3) is 0.250. The molecule has 2 heterocycles. The molecule has 3 atom stereocenters. The van der Waals surface area contributed by atoms with E-state index in [0.717, 1.165) is 0 Å². The van der Waals surface area contributed by atoms with Gasteiger partial charge in [-0.15, -0.1) is 11.8 Å². The second kappa shape index (κ2) is 10.5. The van der Waals surface area contributed by atoms with E-state index in [-0.39, 0.29) is 13.0 Å². The molecule has 0 spiro atoms. The van der Waals surface area contributed by atoms with Crippen LogP contribution in [-0.4, -0.2) is 46.6 Å². The molecule has 0 aliphatic carbocycles. The first kappa shape index (κ1) is 22.8. The molecule has 1 saturated heterocycles. The zero-order chi connectivity index (χ0) is 23.2. The van der Waals surface area contributed by atoms with Gasteiger partial charge in [-0.25, -0.2) is 14.4 Å². The Bertz CT molecular complexity index is 1170. The second-order valence-electron chi connectivity index (χ2n) is 7.30. The lowest BCUT2D eigenvalue weighted by Gasteiger charge is -2.19. The van der Waals surface area contributed by atoms with Gasteiger partial charge >= 0.3 is 17.6 Å². The van der Waals surface area contributed by atoms with E-state index in [1.807, 2.05) is 6.26 Å². The maximum Gasteiger partial charge on any atom is 0.350 e. The summed E-state index contributed by atoms with van der Waals surface area (Å²) in [6.45, 7) is -0.137. The molecule has 4 rings (SSSR count). The van der Waals surface area contributed by atoms with Gasteiger partial charge in [0.25, 0.3) is 0 Å². The summed E-state index contributed by atoms with van der Waals surface area (Å²) in [5.41, 5.74) is 0.323. The number of benzene rings is 2. The maximum atomic E-state index is 12.6. The van der Waals surface area contributed by atoms with Crippen molar-refractivity contribution in [2.75, 3.05) is 12.9 Å². The highest BCUT2D eigenvalue weighted by Crippen LogP contribution is 2.31. The van der Waals surface area contributed by atoms with E-state index in [0.29, 0.717) is 16.2 Å². The van der Waals surface area contributed by atoms with Gasteiger partial charge in [0.2, 0.25) is 0 Å². The summed E-state index contributed by atoms with van der Waals surface area (Å²) in [6, 6.07) is 18.8. The van der Waals surface area contributed by atoms with Crippen LogP contribution in [0.3, 0.4) is 0 Å². The summed E-state index contributed by atoms with van der Waals surface area (Å²) in [5.74, 6) is -1.04. The van der Waals surface area contributed by atoms with Gasteiger partial charge in [-0.1, -0.05) is 36.4 Å². The van der Waals surface area contributed by atoms with E-state index >= 15 is 0 Å². The van der Waals surface area contributed by atoms with Crippen molar-refractivity contribution < 1.29 is 23.8 Å². The van der Waals surface area contributed by atoms with Crippen molar-refractivity contribution >= 4 is 23.7 Å². The molecule has 1 unspecified atom stereocenters. The summed E-state index contributed by atoms with van der Waals surface area (Å²) in [5, 5.41) is 0.592. The normalized spacial score (nSPS) is 19.7. The quantitative estimate of drug-likeness (QED) is 0.297. The lowest BCUT2D eigenvalue weighted by molar-refractivity contribution is -0.0582. The van der Waals surface area contributed by atoms with Crippen LogP contribution in [-0.2, 0) is 14.2 Å². The molecule has 1 fully saturated rings. The molecule has 1 aliphatic rings. The van der Waals surface area contributed by atoms with E-state index < -0.39 is 36.1 Å². The Kier molecular flexibility index (Phi) is 7.21. The van der Waals surface area contributed by atoms with E-state index in [1.54, 1.807) is 72.9 Å². The molecule has 0 saturated carbocycles. The molecule has 1 aromatic heterocycles. The molecule has 0 N–H and O–H groups in total. The standard InChI is InChI=1S/C24H22N2O6S/c1-33-20-12-13-26(24(29)25-20)21-14-18(32-23(28)17-10-6-3-7-11-17)19(31-21)15-30-22(27)16-8-4-2-5-9-16/h2-13,18-19,21H,14-15H2,1H3/t18-,19+,21?/m0/s1. The molecule has 1 aliphatic heterocycles. The molecule has 0 amide bonds. The van der Waals surface area contributed by atoms with Gasteiger partial charge in [0.1, 0.15) is 30.1 Å². The number of ether oxygens (including phenoxy) is 3. The third-order valence-electron chi connectivity index (χ3n) is 5.16. The van der Waals surface area contributed by atoms with Gasteiger partial charge in [0.15, 0.2) is 0 Å². The van der Waals surface area contributed by atoms with Crippen molar-refractivity contribution in [2.24, 2.45) is 0 Å². The number of carbonyl (C=O) groups excluding carboxylic acids is 2. The molecule has 0 radical (unpaired) electrons. The number of nitrogens with zero attached hydrogens (tertiary/aromatic N) is 2. The molecular formula is C24H22N2O6S. The Morgan fingerprint density at radius 3 is 2.27 bits per heavy atom.